The highest BCUT2D eigenvalue weighted by atomic mass is 16.2. The van der Waals surface area contributed by atoms with Crippen molar-refractivity contribution in [2.24, 2.45) is 0 Å². The first-order chi connectivity index (χ1) is 11.3. The van der Waals surface area contributed by atoms with Gasteiger partial charge in [0.15, 0.2) is 0 Å². The van der Waals surface area contributed by atoms with Gasteiger partial charge in [0.1, 0.15) is 12.7 Å². The summed E-state index contributed by atoms with van der Waals surface area (Å²) in [5.74, 6) is 0.281. The number of nitrogens with zero attached hydrogens (tertiary/aromatic N) is 5. The highest BCUT2D eigenvalue weighted by Crippen LogP contribution is 2.22. The summed E-state index contributed by atoms with van der Waals surface area (Å²) < 4.78 is 1.74. The van der Waals surface area contributed by atoms with Gasteiger partial charge in [-0.2, -0.15) is 5.10 Å². The van der Waals surface area contributed by atoms with Crippen molar-refractivity contribution < 1.29 is 4.79 Å². The summed E-state index contributed by atoms with van der Waals surface area (Å²) in [5.41, 5.74) is 0. The number of hydrogen-bond acceptors (Lipinski definition) is 4. The van der Waals surface area contributed by atoms with Crippen molar-refractivity contribution in [3.8, 4) is 0 Å². The fraction of sp³-hybridized carbons (Fsp3) is 0.824. The molecule has 3 rings (SSSR count). The van der Waals surface area contributed by atoms with Gasteiger partial charge in [-0.25, -0.2) is 4.98 Å². The fourth-order valence-electron chi connectivity index (χ4n) is 3.85. The molecule has 128 valence electrons. The minimum Gasteiger partial charge on any atom is -0.340 e. The quantitative estimate of drug-likeness (QED) is 0.804. The smallest absolute Gasteiger partial charge is 0.224 e. The first-order valence-electron chi connectivity index (χ1n) is 9.17. The maximum Gasteiger partial charge on any atom is 0.224 e. The lowest BCUT2D eigenvalue weighted by Crippen LogP contribution is -2.45. The van der Waals surface area contributed by atoms with Crippen LogP contribution < -0.4 is 0 Å². The van der Waals surface area contributed by atoms with Crippen LogP contribution in [0.1, 0.15) is 51.4 Å². The summed E-state index contributed by atoms with van der Waals surface area (Å²) in [6.07, 6.45) is 12.5. The Bertz CT molecular complexity index is 469. The standard InChI is InChI=1S/C17H29N5O/c23-17(8-13-21-15-18-14-19-21)22-11-5-2-6-16(22)7-12-20-9-3-1-4-10-20/h14-16H,1-13H2. The topological polar surface area (TPSA) is 54.3 Å². The molecule has 1 aromatic rings. The van der Waals surface area contributed by atoms with E-state index in [2.05, 4.69) is 19.9 Å². The number of rotatable bonds is 6. The van der Waals surface area contributed by atoms with Crippen LogP contribution in [0.4, 0.5) is 0 Å². The molecule has 0 bridgehead atoms. The number of likely N-dealkylation sites (tertiary alicyclic amines) is 2. The van der Waals surface area contributed by atoms with E-state index in [9.17, 15) is 4.79 Å². The van der Waals surface area contributed by atoms with E-state index < -0.39 is 0 Å². The molecule has 2 fully saturated rings. The number of aryl methyl sites for hydroxylation is 1. The molecule has 0 aliphatic carbocycles. The van der Waals surface area contributed by atoms with Gasteiger partial charge in [-0.1, -0.05) is 6.42 Å². The SMILES string of the molecule is O=C(CCn1cncn1)N1CCCCC1CCN1CCCCC1. The molecule has 1 aromatic heterocycles. The summed E-state index contributed by atoms with van der Waals surface area (Å²) in [5, 5.41) is 4.08. The van der Waals surface area contributed by atoms with Crippen molar-refractivity contribution in [3.63, 3.8) is 0 Å². The Kier molecular flexibility index (Phi) is 6.02. The maximum atomic E-state index is 12.6. The lowest BCUT2D eigenvalue weighted by Gasteiger charge is -2.37. The second-order valence-corrected chi connectivity index (χ2v) is 6.84. The van der Waals surface area contributed by atoms with Gasteiger partial charge in [0, 0.05) is 25.6 Å². The van der Waals surface area contributed by atoms with Crippen LogP contribution in [0, 0.1) is 0 Å². The van der Waals surface area contributed by atoms with Gasteiger partial charge in [-0.15, -0.1) is 0 Å². The van der Waals surface area contributed by atoms with Crippen molar-refractivity contribution in [2.75, 3.05) is 26.2 Å². The molecule has 23 heavy (non-hydrogen) atoms. The average Bonchev–Trinajstić information content (AvgIpc) is 3.12. The van der Waals surface area contributed by atoms with E-state index >= 15 is 0 Å². The zero-order valence-corrected chi connectivity index (χ0v) is 14.1. The third-order valence-corrected chi connectivity index (χ3v) is 5.20. The van der Waals surface area contributed by atoms with Gasteiger partial charge >= 0.3 is 0 Å². The van der Waals surface area contributed by atoms with Crippen LogP contribution in [-0.4, -0.2) is 62.7 Å². The number of carbonyl (C=O) groups excluding carboxylic acids is 1. The third-order valence-electron chi connectivity index (χ3n) is 5.20. The molecule has 6 nitrogen and oxygen atoms in total. The normalized spacial score (nSPS) is 23.1. The van der Waals surface area contributed by atoms with E-state index in [-0.39, 0.29) is 5.91 Å². The monoisotopic (exact) mass is 319 g/mol. The average molecular weight is 319 g/mol. The molecule has 6 heteroatoms. The molecular formula is C17H29N5O. The summed E-state index contributed by atoms with van der Waals surface area (Å²) in [4.78, 5) is 21.3. The molecule has 2 aliphatic heterocycles. The summed E-state index contributed by atoms with van der Waals surface area (Å²) in [6, 6.07) is 0.439. The van der Waals surface area contributed by atoms with Gasteiger partial charge in [-0.3, -0.25) is 9.48 Å². The largest absolute Gasteiger partial charge is 0.340 e. The van der Waals surface area contributed by atoms with Gasteiger partial charge in [-0.05, 0) is 51.6 Å². The van der Waals surface area contributed by atoms with E-state index in [1.54, 1.807) is 11.0 Å². The highest BCUT2D eigenvalue weighted by Gasteiger charge is 2.26. The Hall–Kier alpha value is -1.43. The van der Waals surface area contributed by atoms with Crippen molar-refractivity contribution >= 4 is 5.91 Å². The fourth-order valence-corrected chi connectivity index (χ4v) is 3.85. The predicted octanol–water partition coefficient (Wildman–Crippen LogP) is 1.93. The summed E-state index contributed by atoms with van der Waals surface area (Å²) >= 11 is 0. The van der Waals surface area contributed by atoms with Gasteiger partial charge in [0.2, 0.25) is 5.91 Å². The lowest BCUT2D eigenvalue weighted by molar-refractivity contribution is -0.135. The minimum absolute atomic E-state index is 0.281. The van der Waals surface area contributed by atoms with Crippen molar-refractivity contribution in [1.29, 1.82) is 0 Å². The van der Waals surface area contributed by atoms with E-state index in [0.717, 1.165) is 25.9 Å². The third kappa shape index (κ3) is 4.77. The predicted molar refractivity (Wildman–Crippen MR) is 88.9 cm³/mol. The molecule has 0 saturated carbocycles. The number of amides is 1. The van der Waals surface area contributed by atoms with Gasteiger partial charge < -0.3 is 9.80 Å². The second kappa shape index (κ2) is 8.43. The number of piperidine rings is 2. The minimum atomic E-state index is 0.281. The molecule has 2 aliphatic rings. The first-order valence-corrected chi connectivity index (χ1v) is 9.17. The Morgan fingerprint density at radius 2 is 1.87 bits per heavy atom. The number of carbonyl (C=O) groups is 1. The summed E-state index contributed by atoms with van der Waals surface area (Å²) in [7, 11) is 0. The van der Waals surface area contributed by atoms with Crippen LogP contribution in [0.15, 0.2) is 12.7 Å². The second-order valence-electron chi connectivity index (χ2n) is 6.84. The lowest BCUT2D eigenvalue weighted by atomic mass is 9.98. The molecular weight excluding hydrogens is 290 g/mol. The first kappa shape index (κ1) is 16.4. The zero-order valence-electron chi connectivity index (χ0n) is 14.1. The van der Waals surface area contributed by atoms with Crippen LogP contribution in [-0.2, 0) is 11.3 Å². The van der Waals surface area contributed by atoms with Gasteiger partial charge in [0.25, 0.3) is 0 Å². The molecule has 0 aromatic carbocycles. The highest BCUT2D eigenvalue weighted by molar-refractivity contribution is 5.76. The van der Waals surface area contributed by atoms with Gasteiger partial charge in [0.05, 0.1) is 6.54 Å². The Labute approximate surface area is 138 Å². The van der Waals surface area contributed by atoms with Crippen LogP contribution in [0.25, 0.3) is 0 Å². The maximum absolute atomic E-state index is 12.6. The Morgan fingerprint density at radius 3 is 2.65 bits per heavy atom. The molecule has 2 saturated heterocycles. The molecule has 1 atom stereocenters. The van der Waals surface area contributed by atoms with E-state index in [4.69, 9.17) is 0 Å². The summed E-state index contributed by atoms with van der Waals surface area (Å²) in [6.45, 7) is 5.20. The zero-order chi connectivity index (χ0) is 15.9. The molecule has 1 amide bonds. The molecule has 0 spiro atoms. The number of hydrogen-bond donors (Lipinski definition) is 0. The molecule has 1 unspecified atom stereocenters. The van der Waals surface area contributed by atoms with Crippen molar-refractivity contribution in [1.82, 2.24) is 24.6 Å². The molecule has 0 radical (unpaired) electrons. The van der Waals surface area contributed by atoms with Crippen molar-refractivity contribution in [3.05, 3.63) is 12.7 Å². The van der Waals surface area contributed by atoms with Crippen LogP contribution in [0.2, 0.25) is 0 Å². The van der Waals surface area contributed by atoms with Crippen molar-refractivity contribution in [2.45, 2.75) is 64.0 Å². The molecule has 0 N–H and O–H groups in total. The Morgan fingerprint density at radius 1 is 1.04 bits per heavy atom. The van der Waals surface area contributed by atoms with Crippen LogP contribution >= 0.6 is 0 Å². The number of aromatic nitrogens is 3. The molecule has 3 heterocycles. The van der Waals surface area contributed by atoms with Crippen LogP contribution in [0.3, 0.4) is 0 Å². The van der Waals surface area contributed by atoms with Crippen LogP contribution in [0.5, 0.6) is 0 Å². The van der Waals surface area contributed by atoms with E-state index in [1.165, 1.54) is 51.5 Å². The Balaban J connectivity index is 1.47. The van der Waals surface area contributed by atoms with E-state index in [1.807, 2.05) is 0 Å². The van der Waals surface area contributed by atoms with E-state index in [0.29, 0.717) is 19.0 Å².